The SMILES string of the molecule is COc1ccc2c(OC34CCCC3C(=O)N(C)CCCC/C=C/C3CC3(C(=O)O)NC4=O)cc(-c3nc(C(C)C)cs3)nc2c1C. The van der Waals surface area contributed by atoms with Crippen molar-refractivity contribution in [1.82, 2.24) is 20.2 Å². The van der Waals surface area contributed by atoms with Crippen molar-refractivity contribution in [1.29, 1.82) is 0 Å². The molecule has 3 heterocycles. The second kappa shape index (κ2) is 12.3. The maximum atomic E-state index is 14.6. The Labute approximate surface area is 273 Å². The minimum atomic E-state index is -1.62. The maximum Gasteiger partial charge on any atom is 0.330 e. The van der Waals surface area contributed by atoms with Gasteiger partial charge in [-0.15, -0.1) is 11.3 Å². The van der Waals surface area contributed by atoms with Gasteiger partial charge < -0.3 is 24.8 Å². The molecule has 2 amide bonds. The van der Waals surface area contributed by atoms with Crippen LogP contribution >= 0.6 is 11.3 Å². The Morgan fingerprint density at radius 3 is 2.70 bits per heavy atom. The van der Waals surface area contributed by atoms with E-state index in [2.05, 4.69) is 19.2 Å². The van der Waals surface area contributed by atoms with Gasteiger partial charge in [0.05, 0.1) is 24.2 Å². The Morgan fingerprint density at radius 2 is 1.98 bits per heavy atom. The molecular formula is C35H42N4O6S. The molecule has 4 atom stereocenters. The lowest BCUT2D eigenvalue weighted by molar-refractivity contribution is -0.154. The average Bonchev–Trinajstić information content (AvgIpc) is 3.33. The number of carboxylic acid groups (broad SMARTS) is 1. The number of aryl methyl sites for hydroxylation is 1. The number of methoxy groups -OCH3 is 1. The first-order valence-corrected chi connectivity index (χ1v) is 17.0. The van der Waals surface area contributed by atoms with Crippen LogP contribution in [0.25, 0.3) is 21.6 Å². The van der Waals surface area contributed by atoms with Gasteiger partial charge in [0.15, 0.2) is 5.60 Å². The summed E-state index contributed by atoms with van der Waals surface area (Å²) in [5, 5.41) is 16.6. The lowest BCUT2D eigenvalue weighted by atomic mass is 9.87. The Bertz CT molecular complexity index is 1720. The molecule has 0 radical (unpaired) electrons. The lowest BCUT2D eigenvalue weighted by Crippen LogP contribution is -2.61. The summed E-state index contributed by atoms with van der Waals surface area (Å²) in [5.41, 5.74) is -0.0809. The fourth-order valence-corrected chi connectivity index (χ4v) is 7.86. The van der Waals surface area contributed by atoms with Crippen LogP contribution in [0.15, 0.2) is 35.7 Å². The topological polar surface area (TPSA) is 131 Å². The number of carbonyl (C=O) groups excluding carboxylic acids is 2. The molecule has 2 saturated carbocycles. The summed E-state index contributed by atoms with van der Waals surface area (Å²) < 4.78 is 12.5. The van der Waals surface area contributed by atoms with Gasteiger partial charge >= 0.3 is 5.97 Å². The van der Waals surface area contributed by atoms with E-state index in [9.17, 15) is 19.5 Å². The third-order valence-electron chi connectivity index (χ3n) is 9.87. The Balaban J connectivity index is 1.51. The van der Waals surface area contributed by atoms with E-state index in [1.165, 1.54) is 11.3 Å². The normalized spacial score (nSPS) is 27.5. The number of nitrogens with one attached hydrogen (secondary N) is 1. The largest absolute Gasteiger partial charge is 0.496 e. The number of ether oxygens (including phenoxy) is 2. The Kier molecular flexibility index (Phi) is 8.56. The number of benzene rings is 1. The fourth-order valence-electron chi connectivity index (χ4n) is 6.92. The highest BCUT2D eigenvalue weighted by Crippen LogP contribution is 2.49. The highest BCUT2D eigenvalue weighted by molar-refractivity contribution is 7.13. The number of allylic oxidation sites excluding steroid dienone is 1. The fraction of sp³-hybridized carbons (Fsp3) is 0.514. The Hall–Kier alpha value is -3.99. The molecule has 4 unspecified atom stereocenters. The third-order valence-corrected chi connectivity index (χ3v) is 10.8. The number of amides is 2. The molecule has 6 rings (SSSR count). The van der Waals surface area contributed by atoms with Crippen LogP contribution in [0.2, 0.25) is 0 Å². The number of fused-ring (bicyclic) bond motifs is 3. The van der Waals surface area contributed by atoms with Crippen LogP contribution in [0.3, 0.4) is 0 Å². The Morgan fingerprint density at radius 1 is 1.17 bits per heavy atom. The van der Waals surface area contributed by atoms with E-state index < -0.39 is 28.9 Å². The van der Waals surface area contributed by atoms with Crippen LogP contribution in [0.5, 0.6) is 11.5 Å². The molecule has 2 aromatic heterocycles. The molecule has 244 valence electrons. The van der Waals surface area contributed by atoms with Crippen LogP contribution in [0.1, 0.15) is 76.0 Å². The predicted molar refractivity (Wildman–Crippen MR) is 176 cm³/mol. The van der Waals surface area contributed by atoms with Gasteiger partial charge in [-0.3, -0.25) is 9.59 Å². The summed E-state index contributed by atoms with van der Waals surface area (Å²) >= 11 is 1.48. The van der Waals surface area contributed by atoms with Crippen LogP contribution in [0, 0.1) is 18.8 Å². The first kappa shape index (κ1) is 32.0. The van der Waals surface area contributed by atoms with Crippen molar-refractivity contribution in [2.24, 2.45) is 11.8 Å². The summed E-state index contributed by atoms with van der Waals surface area (Å²) in [6.07, 6.45) is 7.96. The number of nitrogens with zero attached hydrogens (tertiary/aromatic N) is 3. The maximum absolute atomic E-state index is 14.6. The number of aromatic nitrogens is 2. The van der Waals surface area contributed by atoms with E-state index in [1.54, 1.807) is 25.1 Å². The number of carboxylic acids is 1. The molecule has 2 N–H and O–H groups in total. The van der Waals surface area contributed by atoms with Crippen molar-refractivity contribution in [3.8, 4) is 22.2 Å². The van der Waals surface area contributed by atoms with Crippen molar-refractivity contribution in [3.05, 3.63) is 47.0 Å². The molecule has 0 spiro atoms. The molecule has 3 aliphatic rings. The van der Waals surface area contributed by atoms with Crippen molar-refractivity contribution in [3.63, 3.8) is 0 Å². The first-order chi connectivity index (χ1) is 22.0. The molecule has 46 heavy (non-hydrogen) atoms. The zero-order chi connectivity index (χ0) is 32.8. The number of carbonyl (C=O) groups is 3. The number of aliphatic carboxylic acids is 1. The van der Waals surface area contributed by atoms with Gasteiger partial charge in [-0.1, -0.05) is 26.0 Å². The number of hydrogen-bond acceptors (Lipinski definition) is 8. The van der Waals surface area contributed by atoms with Gasteiger partial charge in [0, 0.05) is 41.9 Å². The van der Waals surface area contributed by atoms with Crippen LogP contribution in [0.4, 0.5) is 0 Å². The standard InChI is InChI=1S/C35H42N4O6S/c1-20(2)26-19-46-30(37-26)25-17-28(23-13-14-27(44-5)21(3)29(23)36-25)45-35-15-10-12-24(35)31(40)39(4)16-9-7-6-8-11-22-18-34(22,33(42)43)38-32(35)41/h8,11,13-14,17,19-20,22,24H,6-7,9-10,12,15-16,18H2,1-5H3,(H,38,41)(H,42,43)/b11-8+. The van der Waals surface area contributed by atoms with Crippen molar-refractivity contribution in [2.75, 3.05) is 20.7 Å². The van der Waals surface area contributed by atoms with Gasteiger partial charge in [-0.25, -0.2) is 14.8 Å². The first-order valence-electron chi connectivity index (χ1n) is 16.1. The molecule has 10 nitrogen and oxygen atoms in total. The summed E-state index contributed by atoms with van der Waals surface area (Å²) in [5.74, 6) is -1.66. The zero-order valence-electron chi connectivity index (χ0n) is 27.1. The monoisotopic (exact) mass is 646 g/mol. The van der Waals surface area contributed by atoms with Gasteiger partial charge in [-0.2, -0.15) is 0 Å². The molecular weight excluding hydrogens is 604 g/mol. The molecule has 0 saturated heterocycles. The van der Waals surface area contributed by atoms with Gasteiger partial charge in [0.25, 0.3) is 5.91 Å². The van der Waals surface area contributed by atoms with E-state index in [4.69, 9.17) is 19.4 Å². The quantitative estimate of drug-likeness (QED) is 0.318. The van der Waals surface area contributed by atoms with Crippen LogP contribution < -0.4 is 14.8 Å². The number of thiazole rings is 1. The molecule has 11 heteroatoms. The third kappa shape index (κ3) is 5.52. The summed E-state index contributed by atoms with van der Waals surface area (Å²) in [7, 11) is 3.37. The van der Waals surface area contributed by atoms with E-state index in [0.29, 0.717) is 58.9 Å². The van der Waals surface area contributed by atoms with Crippen molar-refractivity contribution < 1.29 is 29.0 Å². The smallest absolute Gasteiger partial charge is 0.330 e. The molecule has 1 aromatic carbocycles. The van der Waals surface area contributed by atoms with Crippen molar-refractivity contribution >= 4 is 40.0 Å². The van der Waals surface area contributed by atoms with Crippen molar-refractivity contribution in [2.45, 2.75) is 82.8 Å². The highest BCUT2D eigenvalue weighted by Gasteiger charge is 2.64. The minimum Gasteiger partial charge on any atom is -0.496 e. The van der Waals surface area contributed by atoms with Gasteiger partial charge in [0.2, 0.25) is 5.91 Å². The van der Waals surface area contributed by atoms with Crippen LogP contribution in [-0.4, -0.2) is 69.6 Å². The number of hydrogen-bond donors (Lipinski definition) is 2. The zero-order valence-corrected chi connectivity index (χ0v) is 27.9. The highest BCUT2D eigenvalue weighted by atomic mass is 32.1. The lowest BCUT2D eigenvalue weighted by Gasteiger charge is -2.37. The number of rotatable bonds is 6. The van der Waals surface area contributed by atoms with E-state index in [1.807, 2.05) is 36.6 Å². The molecule has 1 aliphatic heterocycles. The van der Waals surface area contributed by atoms with Crippen LogP contribution in [-0.2, 0) is 14.4 Å². The van der Waals surface area contributed by atoms with E-state index in [0.717, 1.165) is 30.5 Å². The minimum absolute atomic E-state index is 0.171. The van der Waals surface area contributed by atoms with Gasteiger partial charge in [-0.05, 0) is 69.9 Å². The summed E-state index contributed by atoms with van der Waals surface area (Å²) in [6, 6.07) is 5.48. The molecule has 2 aliphatic carbocycles. The van der Waals surface area contributed by atoms with E-state index >= 15 is 0 Å². The molecule has 0 bridgehead atoms. The van der Waals surface area contributed by atoms with Gasteiger partial charge in [0.1, 0.15) is 27.7 Å². The second-order valence-corrected chi connectivity index (χ2v) is 14.0. The number of pyridine rings is 1. The average molecular weight is 647 g/mol. The molecule has 3 aromatic rings. The summed E-state index contributed by atoms with van der Waals surface area (Å²) in [6.45, 7) is 6.65. The second-order valence-electron chi connectivity index (χ2n) is 13.2. The predicted octanol–water partition coefficient (Wildman–Crippen LogP) is 5.87. The van der Waals surface area contributed by atoms with E-state index in [-0.39, 0.29) is 24.2 Å². The molecule has 2 fully saturated rings. The summed E-state index contributed by atoms with van der Waals surface area (Å²) in [4.78, 5) is 52.8.